The van der Waals surface area contributed by atoms with Gasteiger partial charge in [-0.3, -0.25) is 4.90 Å². The molecule has 0 radical (unpaired) electrons. The van der Waals surface area contributed by atoms with Gasteiger partial charge >= 0.3 is 0 Å². The molecule has 0 fully saturated rings. The van der Waals surface area contributed by atoms with Gasteiger partial charge in [0.05, 0.1) is 6.10 Å². The summed E-state index contributed by atoms with van der Waals surface area (Å²) in [6.45, 7) is 14.1. The first-order valence-electron chi connectivity index (χ1n) is 6.77. The molecule has 1 aromatic rings. The van der Waals surface area contributed by atoms with E-state index in [9.17, 15) is 5.11 Å². The van der Waals surface area contributed by atoms with Crippen LogP contribution in [0.25, 0.3) is 0 Å². The molecule has 0 amide bonds. The van der Waals surface area contributed by atoms with Crippen molar-refractivity contribution in [3.63, 3.8) is 0 Å². The first-order chi connectivity index (χ1) is 9.06. The molecule has 0 aromatic heterocycles. The van der Waals surface area contributed by atoms with Crippen molar-refractivity contribution in [3.05, 3.63) is 60.2 Å². The zero-order valence-electron chi connectivity index (χ0n) is 12.1. The van der Waals surface area contributed by atoms with Crippen molar-refractivity contribution in [2.24, 2.45) is 0 Å². The maximum Gasteiger partial charge on any atom is 0.0802 e. The standard InChI is InChI=1S/C17H25NO/c1-5-8-18(9-6-2)10-7-17(19)16-12-14(3)11-15(4)13-16/h5-6,11-13,17,19H,1-2,7-10H2,3-4H3. The van der Waals surface area contributed by atoms with Gasteiger partial charge in [0, 0.05) is 19.6 Å². The zero-order chi connectivity index (χ0) is 14.3. The van der Waals surface area contributed by atoms with Crippen molar-refractivity contribution >= 4 is 0 Å². The molecular formula is C17H25NO. The van der Waals surface area contributed by atoms with E-state index in [1.54, 1.807) is 0 Å². The second-order valence-electron chi connectivity index (χ2n) is 5.06. The Balaban J connectivity index is 2.60. The van der Waals surface area contributed by atoms with E-state index in [4.69, 9.17) is 0 Å². The van der Waals surface area contributed by atoms with E-state index in [1.165, 1.54) is 11.1 Å². The summed E-state index contributed by atoms with van der Waals surface area (Å²) in [5.41, 5.74) is 3.40. The minimum atomic E-state index is -0.407. The van der Waals surface area contributed by atoms with Gasteiger partial charge in [-0.05, 0) is 25.8 Å². The lowest BCUT2D eigenvalue weighted by atomic mass is 10.0. The fourth-order valence-electron chi connectivity index (χ4n) is 2.30. The molecule has 1 N–H and O–H groups in total. The van der Waals surface area contributed by atoms with Crippen LogP contribution in [0.3, 0.4) is 0 Å². The quantitative estimate of drug-likeness (QED) is 0.723. The molecule has 0 saturated heterocycles. The lowest BCUT2D eigenvalue weighted by molar-refractivity contribution is 0.148. The van der Waals surface area contributed by atoms with Crippen LogP contribution in [0.1, 0.15) is 29.2 Å². The second-order valence-corrected chi connectivity index (χ2v) is 5.06. The van der Waals surface area contributed by atoms with Gasteiger partial charge in [0.1, 0.15) is 0 Å². The first-order valence-corrected chi connectivity index (χ1v) is 6.77. The van der Waals surface area contributed by atoms with Gasteiger partial charge < -0.3 is 5.11 Å². The van der Waals surface area contributed by atoms with Crippen LogP contribution < -0.4 is 0 Å². The second kappa shape index (κ2) is 7.93. The highest BCUT2D eigenvalue weighted by atomic mass is 16.3. The Kier molecular flexibility index (Phi) is 6.54. The summed E-state index contributed by atoms with van der Waals surface area (Å²) < 4.78 is 0. The molecule has 0 aliphatic heterocycles. The molecule has 0 bridgehead atoms. The van der Waals surface area contributed by atoms with Crippen LogP contribution >= 0.6 is 0 Å². The molecule has 1 rings (SSSR count). The molecule has 1 aromatic carbocycles. The monoisotopic (exact) mass is 259 g/mol. The molecule has 2 heteroatoms. The Morgan fingerprint density at radius 2 is 1.63 bits per heavy atom. The topological polar surface area (TPSA) is 23.5 Å². The molecule has 2 nitrogen and oxygen atoms in total. The van der Waals surface area contributed by atoms with Gasteiger partial charge in [0.2, 0.25) is 0 Å². The third kappa shape index (κ3) is 5.41. The SMILES string of the molecule is C=CCN(CC=C)CCC(O)c1cc(C)cc(C)c1. The summed E-state index contributed by atoms with van der Waals surface area (Å²) in [6.07, 6.45) is 4.08. The van der Waals surface area contributed by atoms with Crippen LogP contribution in [0.15, 0.2) is 43.5 Å². The largest absolute Gasteiger partial charge is 0.388 e. The fourth-order valence-corrected chi connectivity index (χ4v) is 2.30. The summed E-state index contributed by atoms with van der Waals surface area (Å²) >= 11 is 0. The molecule has 0 aliphatic carbocycles. The van der Waals surface area contributed by atoms with E-state index in [-0.39, 0.29) is 0 Å². The van der Waals surface area contributed by atoms with Gasteiger partial charge in [-0.15, -0.1) is 13.2 Å². The third-order valence-electron chi connectivity index (χ3n) is 3.12. The Hall–Kier alpha value is -1.38. The predicted molar refractivity (Wildman–Crippen MR) is 82.3 cm³/mol. The minimum Gasteiger partial charge on any atom is -0.388 e. The van der Waals surface area contributed by atoms with Crippen molar-refractivity contribution in [3.8, 4) is 0 Å². The van der Waals surface area contributed by atoms with Gasteiger partial charge in [-0.1, -0.05) is 41.5 Å². The molecule has 1 atom stereocenters. The number of benzene rings is 1. The normalized spacial score (nSPS) is 12.4. The van der Waals surface area contributed by atoms with E-state index < -0.39 is 6.10 Å². The molecular weight excluding hydrogens is 234 g/mol. The van der Waals surface area contributed by atoms with E-state index in [2.05, 4.69) is 50.1 Å². The average molecular weight is 259 g/mol. The molecule has 0 saturated carbocycles. The van der Waals surface area contributed by atoms with Crippen LogP contribution in [0, 0.1) is 13.8 Å². The van der Waals surface area contributed by atoms with Crippen LogP contribution in [0.2, 0.25) is 0 Å². The maximum absolute atomic E-state index is 10.3. The molecule has 104 valence electrons. The summed E-state index contributed by atoms with van der Waals surface area (Å²) in [7, 11) is 0. The van der Waals surface area contributed by atoms with Crippen LogP contribution in [-0.2, 0) is 0 Å². The zero-order valence-corrected chi connectivity index (χ0v) is 12.1. The van der Waals surface area contributed by atoms with Crippen molar-refractivity contribution in [2.45, 2.75) is 26.4 Å². The van der Waals surface area contributed by atoms with Crippen molar-refractivity contribution in [1.29, 1.82) is 0 Å². The number of aliphatic hydroxyl groups is 1. The van der Waals surface area contributed by atoms with E-state index >= 15 is 0 Å². The molecule has 0 heterocycles. The molecule has 0 aliphatic rings. The molecule has 19 heavy (non-hydrogen) atoms. The van der Waals surface area contributed by atoms with Gasteiger partial charge in [0.15, 0.2) is 0 Å². The smallest absolute Gasteiger partial charge is 0.0802 e. The summed E-state index contributed by atoms with van der Waals surface area (Å²) in [5, 5.41) is 10.3. The van der Waals surface area contributed by atoms with Gasteiger partial charge in [0.25, 0.3) is 0 Å². The Morgan fingerprint density at radius 1 is 1.11 bits per heavy atom. The number of aryl methyl sites for hydroxylation is 2. The van der Waals surface area contributed by atoms with Crippen molar-refractivity contribution in [2.75, 3.05) is 19.6 Å². The van der Waals surface area contributed by atoms with Gasteiger partial charge in [-0.2, -0.15) is 0 Å². The number of hydrogen-bond donors (Lipinski definition) is 1. The third-order valence-corrected chi connectivity index (χ3v) is 3.12. The summed E-state index contributed by atoms with van der Waals surface area (Å²) in [5.74, 6) is 0. The molecule has 0 spiro atoms. The number of nitrogens with zero attached hydrogens (tertiary/aromatic N) is 1. The Morgan fingerprint density at radius 3 is 2.11 bits per heavy atom. The van der Waals surface area contributed by atoms with Gasteiger partial charge in [-0.25, -0.2) is 0 Å². The fraction of sp³-hybridized carbons (Fsp3) is 0.412. The van der Waals surface area contributed by atoms with Crippen LogP contribution in [-0.4, -0.2) is 29.6 Å². The lowest BCUT2D eigenvalue weighted by Gasteiger charge is -2.21. The lowest BCUT2D eigenvalue weighted by Crippen LogP contribution is -2.26. The van der Waals surface area contributed by atoms with Crippen molar-refractivity contribution in [1.82, 2.24) is 4.90 Å². The highest BCUT2D eigenvalue weighted by Crippen LogP contribution is 2.20. The Labute approximate surface area is 117 Å². The first kappa shape index (κ1) is 15.7. The predicted octanol–water partition coefficient (Wildman–Crippen LogP) is 3.40. The van der Waals surface area contributed by atoms with E-state index in [0.717, 1.165) is 31.6 Å². The number of rotatable bonds is 8. The number of aliphatic hydroxyl groups excluding tert-OH is 1. The van der Waals surface area contributed by atoms with E-state index in [0.29, 0.717) is 0 Å². The molecule has 1 unspecified atom stereocenters. The summed E-state index contributed by atoms with van der Waals surface area (Å²) in [4.78, 5) is 2.21. The average Bonchev–Trinajstić information content (AvgIpc) is 2.35. The van der Waals surface area contributed by atoms with Crippen LogP contribution in [0.4, 0.5) is 0 Å². The number of hydrogen-bond acceptors (Lipinski definition) is 2. The maximum atomic E-state index is 10.3. The Bertz CT molecular complexity index is 395. The summed E-state index contributed by atoms with van der Waals surface area (Å²) in [6, 6.07) is 6.24. The highest BCUT2D eigenvalue weighted by molar-refractivity contribution is 5.29. The highest BCUT2D eigenvalue weighted by Gasteiger charge is 2.10. The van der Waals surface area contributed by atoms with Crippen molar-refractivity contribution < 1.29 is 5.11 Å². The van der Waals surface area contributed by atoms with Crippen LogP contribution in [0.5, 0.6) is 0 Å². The van der Waals surface area contributed by atoms with E-state index in [1.807, 2.05) is 12.2 Å². The minimum absolute atomic E-state index is 0.407.